The number of anilines is 1. The molecule has 2 fully saturated rings. The molecule has 1 amide bonds. The monoisotopic (exact) mass is 402 g/mol. The van der Waals surface area contributed by atoms with Crippen molar-refractivity contribution >= 4 is 11.7 Å². The fourth-order valence-corrected chi connectivity index (χ4v) is 4.20. The Kier molecular flexibility index (Phi) is 4.61. The minimum absolute atomic E-state index is 0.143. The molecule has 1 unspecified atom stereocenters. The molecule has 7 nitrogen and oxygen atoms in total. The molecule has 0 bridgehead atoms. The van der Waals surface area contributed by atoms with Crippen molar-refractivity contribution in [2.75, 3.05) is 18.5 Å². The van der Waals surface area contributed by atoms with Crippen molar-refractivity contribution in [1.29, 1.82) is 0 Å². The molecule has 156 valence electrons. The highest BCUT2D eigenvalue weighted by molar-refractivity contribution is 5.99. The third kappa shape index (κ3) is 3.26. The highest BCUT2D eigenvalue weighted by Crippen LogP contribution is 2.43. The molecule has 1 aliphatic heterocycles. The normalized spacial score (nSPS) is 31.3. The average molecular weight is 402 g/mol. The molecular weight excluding hydrogens is 377 g/mol. The number of carbonyl (C=O) groups excluding carboxylic acids is 1. The number of imidazole rings is 1. The van der Waals surface area contributed by atoms with Crippen LogP contribution in [0.5, 0.6) is 0 Å². The molecule has 1 aromatic rings. The summed E-state index contributed by atoms with van der Waals surface area (Å²) in [5.74, 6) is 0.394. The van der Waals surface area contributed by atoms with E-state index in [-0.39, 0.29) is 44.1 Å². The maximum Gasteiger partial charge on any atom is 0.417 e. The van der Waals surface area contributed by atoms with Crippen molar-refractivity contribution in [2.45, 2.75) is 63.2 Å². The highest BCUT2D eigenvalue weighted by atomic mass is 19.4. The molecule has 0 saturated heterocycles. The zero-order valence-electron chi connectivity index (χ0n) is 15.7. The number of aromatic nitrogens is 2. The Balaban J connectivity index is 1.48. The number of alkyl halides is 3. The second kappa shape index (κ2) is 6.62. The van der Waals surface area contributed by atoms with Crippen molar-refractivity contribution in [3.05, 3.63) is 12.0 Å². The first kappa shape index (κ1) is 19.5. The van der Waals surface area contributed by atoms with Crippen LogP contribution in [0.25, 0.3) is 0 Å². The van der Waals surface area contributed by atoms with Crippen molar-refractivity contribution in [1.82, 2.24) is 14.5 Å². The molecule has 2 aliphatic carbocycles. The van der Waals surface area contributed by atoms with Gasteiger partial charge in [0.1, 0.15) is 0 Å². The first-order chi connectivity index (χ1) is 13.1. The van der Waals surface area contributed by atoms with Gasteiger partial charge in [0.15, 0.2) is 17.1 Å². The summed E-state index contributed by atoms with van der Waals surface area (Å²) >= 11 is 0. The maximum absolute atomic E-state index is 13.1. The van der Waals surface area contributed by atoms with Crippen LogP contribution in [0.4, 0.5) is 19.0 Å². The van der Waals surface area contributed by atoms with Crippen LogP contribution in [-0.4, -0.2) is 62.3 Å². The molecule has 0 radical (unpaired) electrons. The Morgan fingerprint density at radius 2 is 1.79 bits per heavy atom. The van der Waals surface area contributed by atoms with Gasteiger partial charge in [-0.3, -0.25) is 9.69 Å². The van der Waals surface area contributed by atoms with E-state index in [4.69, 9.17) is 0 Å². The maximum atomic E-state index is 13.1. The average Bonchev–Trinajstić information content (AvgIpc) is 3.34. The summed E-state index contributed by atoms with van der Waals surface area (Å²) in [4.78, 5) is 20.1. The van der Waals surface area contributed by atoms with Gasteiger partial charge in [-0.1, -0.05) is 0 Å². The first-order valence-electron chi connectivity index (χ1n) is 9.67. The van der Waals surface area contributed by atoms with E-state index in [1.807, 2.05) is 4.57 Å². The smallest absolute Gasteiger partial charge is 0.380 e. The van der Waals surface area contributed by atoms with E-state index in [2.05, 4.69) is 4.98 Å². The summed E-state index contributed by atoms with van der Waals surface area (Å²) in [6, 6.07) is 0. The number of halogens is 3. The van der Waals surface area contributed by atoms with Crippen LogP contribution in [0.2, 0.25) is 0 Å². The first-order valence-corrected chi connectivity index (χ1v) is 9.67. The van der Waals surface area contributed by atoms with Gasteiger partial charge < -0.3 is 19.7 Å². The summed E-state index contributed by atoms with van der Waals surface area (Å²) in [7, 11) is 1.64. The molecule has 1 aromatic heterocycles. The Labute approximate surface area is 160 Å². The standard InChI is InChI=1S/C18H25F3N4O3/c1-23-14-13(24(10-22-14)8-11-2-3-11)15(26)25(16(23)27)9-12-4-6-17(28,7-5-12)18(19,20)21/h10-12,16,27-28H,2-9H2,1H3. The molecule has 0 aromatic carbocycles. The van der Waals surface area contributed by atoms with Gasteiger partial charge >= 0.3 is 6.18 Å². The minimum Gasteiger partial charge on any atom is -0.380 e. The number of aliphatic hydroxyl groups is 2. The van der Waals surface area contributed by atoms with E-state index in [9.17, 15) is 28.2 Å². The predicted molar refractivity (Wildman–Crippen MR) is 93.4 cm³/mol. The number of fused-ring (bicyclic) bond motifs is 1. The number of nitrogens with zero attached hydrogens (tertiary/aromatic N) is 4. The molecule has 4 rings (SSSR count). The van der Waals surface area contributed by atoms with E-state index in [0.717, 1.165) is 12.8 Å². The summed E-state index contributed by atoms with van der Waals surface area (Å²) in [5.41, 5.74) is -2.23. The second-order valence-corrected chi connectivity index (χ2v) is 8.40. The largest absolute Gasteiger partial charge is 0.417 e. The Morgan fingerprint density at radius 1 is 1.18 bits per heavy atom. The van der Waals surface area contributed by atoms with Gasteiger partial charge in [-0.15, -0.1) is 0 Å². The lowest BCUT2D eigenvalue weighted by Crippen LogP contribution is -2.56. The highest BCUT2D eigenvalue weighted by Gasteiger charge is 2.55. The molecule has 0 spiro atoms. The van der Waals surface area contributed by atoms with Crippen LogP contribution in [0.3, 0.4) is 0 Å². The summed E-state index contributed by atoms with van der Waals surface area (Å²) in [6.07, 6.45) is -2.51. The molecule has 28 heavy (non-hydrogen) atoms. The number of hydrogen-bond acceptors (Lipinski definition) is 5. The van der Waals surface area contributed by atoms with E-state index in [1.54, 1.807) is 13.4 Å². The van der Waals surface area contributed by atoms with Crippen LogP contribution in [0.1, 0.15) is 49.0 Å². The Morgan fingerprint density at radius 3 is 2.36 bits per heavy atom. The third-order valence-corrected chi connectivity index (χ3v) is 6.31. The van der Waals surface area contributed by atoms with Crippen LogP contribution < -0.4 is 4.90 Å². The van der Waals surface area contributed by atoms with Gasteiger partial charge in [-0.25, -0.2) is 4.98 Å². The van der Waals surface area contributed by atoms with Gasteiger partial charge in [0.2, 0.25) is 6.35 Å². The van der Waals surface area contributed by atoms with Crippen LogP contribution in [0.15, 0.2) is 6.33 Å². The lowest BCUT2D eigenvalue weighted by Gasteiger charge is -2.42. The van der Waals surface area contributed by atoms with E-state index in [1.165, 1.54) is 9.80 Å². The molecule has 1 atom stereocenters. The summed E-state index contributed by atoms with van der Waals surface area (Å²) < 4.78 is 40.8. The topological polar surface area (TPSA) is 81.8 Å². The van der Waals surface area contributed by atoms with Crippen LogP contribution in [0, 0.1) is 11.8 Å². The van der Waals surface area contributed by atoms with Gasteiger partial charge in [0, 0.05) is 20.1 Å². The number of carbonyl (C=O) groups is 1. The third-order valence-electron chi connectivity index (χ3n) is 6.31. The SMILES string of the molecule is CN1c2ncn(CC3CC3)c2C(=O)N(CC2CCC(O)(C(F)(F)F)CC2)C1O. The summed E-state index contributed by atoms with van der Waals surface area (Å²) in [6.45, 7) is 0.847. The molecular formula is C18H25F3N4O3. The Bertz CT molecular complexity index is 754. The number of hydrogen-bond donors (Lipinski definition) is 2. The van der Waals surface area contributed by atoms with E-state index < -0.39 is 18.1 Å². The lowest BCUT2D eigenvalue weighted by atomic mass is 9.78. The summed E-state index contributed by atoms with van der Waals surface area (Å²) in [5, 5.41) is 20.4. The van der Waals surface area contributed by atoms with Gasteiger partial charge in [-0.2, -0.15) is 13.2 Å². The number of rotatable bonds is 4. The van der Waals surface area contributed by atoms with Crippen molar-refractivity contribution in [2.24, 2.45) is 11.8 Å². The fourth-order valence-electron chi connectivity index (χ4n) is 4.20. The molecule has 10 heteroatoms. The lowest BCUT2D eigenvalue weighted by molar-refractivity contribution is -0.272. The van der Waals surface area contributed by atoms with Crippen molar-refractivity contribution in [3.63, 3.8) is 0 Å². The van der Waals surface area contributed by atoms with E-state index in [0.29, 0.717) is 24.0 Å². The number of amides is 1. The van der Waals surface area contributed by atoms with Crippen LogP contribution in [-0.2, 0) is 6.54 Å². The van der Waals surface area contributed by atoms with Crippen LogP contribution >= 0.6 is 0 Å². The molecule has 2 heterocycles. The quantitative estimate of drug-likeness (QED) is 0.805. The van der Waals surface area contributed by atoms with Gasteiger partial charge in [0.25, 0.3) is 5.91 Å². The predicted octanol–water partition coefficient (Wildman–Crippen LogP) is 1.94. The van der Waals surface area contributed by atoms with Gasteiger partial charge in [-0.05, 0) is 50.4 Å². The van der Waals surface area contributed by atoms with E-state index >= 15 is 0 Å². The Hall–Kier alpha value is -1.81. The second-order valence-electron chi connectivity index (χ2n) is 8.40. The van der Waals surface area contributed by atoms with Crippen molar-refractivity contribution in [3.8, 4) is 0 Å². The minimum atomic E-state index is -4.65. The van der Waals surface area contributed by atoms with Gasteiger partial charge in [0.05, 0.1) is 6.33 Å². The molecule has 3 aliphatic rings. The molecule has 2 saturated carbocycles. The zero-order chi connectivity index (χ0) is 20.3. The molecule has 2 N–H and O–H groups in total. The zero-order valence-corrected chi connectivity index (χ0v) is 15.7. The number of aliphatic hydroxyl groups excluding tert-OH is 1. The van der Waals surface area contributed by atoms with Crippen molar-refractivity contribution < 1.29 is 28.2 Å². The fraction of sp³-hybridized carbons (Fsp3) is 0.778.